The molecule has 6 heteroatoms. The van der Waals surface area contributed by atoms with Crippen LogP contribution >= 0.6 is 0 Å². The van der Waals surface area contributed by atoms with Gasteiger partial charge in [0.2, 0.25) is 0 Å². The third kappa shape index (κ3) is 22.7. The quantitative estimate of drug-likeness (QED) is 0.469. The molecule has 0 aromatic carbocycles. The molecule has 0 atom stereocenters. The number of rotatable bonds is 0. The minimum Gasteiger partial charge on any atom is -0.418 e. The standard InChI is InChI=1S/C8H12.BF4.Rh/c1-2-4-6-8-7-5-3-1;2-1(3,4)5;/h1-4H,5-8H2;;/q;-1;. The van der Waals surface area contributed by atoms with Crippen molar-refractivity contribution in [2.45, 2.75) is 25.7 Å². The van der Waals surface area contributed by atoms with E-state index in [1.807, 2.05) is 0 Å². The molecule has 0 heterocycles. The van der Waals surface area contributed by atoms with Gasteiger partial charge in [-0.05, 0) is 25.7 Å². The van der Waals surface area contributed by atoms with Crippen molar-refractivity contribution < 1.29 is 36.7 Å². The van der Waals surface area contributed by atoms with Crippen LogP contribution in [0.25, 0.3) is 0 Å². The van der Waals surface area contributed by atoms with Crippen molar-refractivity contribution in [2.75, 3.05) is 0 Å². The Hall–Kier alpha value is -0.112. The van der Waals surface area contributed by atoms with E-state index in [2.05, 4.69) is 24.3 Å². The summed E-state index contributed by atoms with van der Waals surface area (Å²) in [5, 5.41) is 0. The van der Waals surface area contributed by atoms with Gasteiger partial charge in [0.05, 0.1) is 0 Å². The summed E-state index contributed by atoms with van der Waals surface area (Å²) in [4.78, 5) is 0. The molecular weight excluding hydrogens is 286 g/mol. The topological polar surface area (TPSA) is 0 Å². The van der Waals surface area contributed by atoms with E-state index in [0.717, 1.165) is 0 Å². The molecule has 85 valence electrons. The Morgan fingerprint density at radius 2 is 1.07 bits per heavy atom. The second-order valence-electron chi connectivity index (χ2n) is 2.64. The first-order valence-corrected chi connectivity index (χ1v) is 4.19. The fourth-order valence-corrected chi connectivity index (χ4v) is 0.874. The summed E-state index contributed by atoms with van der Waals surface area (Å²) < 4.78 is 39.0. The van der Waals surface area contributed by atoms with E-state index in [9.17, 15) is 17.3 Å². The molecule has 0 aromatic rings. The first-order valence-electron chi connectivity index (χ1n) is 4.19. The largest absolute Gasteiger partial charge is 0.673 e. The summed E-state index contributed by atoms with van der Waals surface area (Å²) in [6.45, 7) is 0. The van der Waals surface area contributed by atoms with Crippen LogP contribution in [-0.2, 0) is 19.5 Å². The summed E-state index contributed by atoms with van der Waals surface area (Å²) in [6.07, 6.45) is 14.0. The monoisotopic (exact) mass is 298 g/mol. The molecule has 0 spiro atoms. The molecule has 1 aliphatic rings. The molecule has 0 bridgehead atoms. The van der Waals surface area contributed by atoms with Crippen molar-refractivity contribution in [3.63, 3.8) is 0 Å². The molecule has 0 aliphatic heterocycles. The smallest absolute Gasteiger partial charge is 0.418 e. The van der Waals surface area contributed by atoms with Crippen molar-refractivity contribution in [2.24, 2.45) is 0 Å². The van der Waals surface area contributed by atoms with Crippen LogP contribution in [0.5, 0.6) is 0 Å². The third-order valence-electron chi connectivity index (χ3n) is 1.37. The first kappa shape index (κ1) is 16.3. The molecule has 14 heavy (non-hydrogen) atoms. The molecule has 0 N–H and O–H groups in total. The van der Waals surface area contributed by atoms with Crippen LogP contribution in [-0.4, -0.2) is 7.25 Å². The van der Waals surface area contributed by atoms with Crippen LogP contribution in [0, 0.1) is 0 Å². The minimum atomic E-state index is -6.00. The fraction of sp³-hybridized carbons (Fsp3) is 0.500. The second-order valence-corrected chi connectivity index (χ2v) is 2.64. The fourth-order valence-electron chi connectivity index (χ4n) is 0.874. The predicted molar refractivity (Wildman–Crippen MR) is 46.9 cm³/mol. The van der Waals surface area contributed by atoms with Crippen molar-refractivity contribution in [3.05, 3.63) is 24.3 Å². The zero-order valence-electron chi connectivity index (χ0n) is 7.56. The van der Waals surface area contributed by atoms with Gasteiger partial charge in [-0.1, -0.05) is 24.3 Å². The van der Waals surface area contributed by atoms with Gasteiger partial charge in [-0.3, -0.25) is 0 Å². The summed E-state index contributed by atoms with van der Waals surface area (Å²) >= 11 is 0. The van der Waals surface area contributed by atoms with E-state index in [4.69, 9.17) is 0 Å². The van der Waals surface area contributed by atoms with Crippen LogP contribution in [0.4, 0.5) is 17.3 Å². The molecule has 1 rings (SSSR count). The average Bonchev–Trinajstić information content (AvgIpc) is 1.79. The van der Waals surface area contributed by atoms with Gasteiger partial charge in [-0.25, -0.2) is 0 Å². The van der Waals surface area contributed by atoms with E-state index in [0.29, 0.717) is 0 Å². The van der Waals surface area contributed by atoms with E-state index in [-0.39, 0.29) is 19.5 Å². The van der Waals surface area contributed by atoms with Crippen molar-refractivity contribution in [3.8, 4) is 0 Å². The predicted octanol–water partition coefficient (Wildman–Crippen LogP) is 3.97. The van der Waals surface area contributed by atoms with Gasteiger partial charge in [-0.2, -0.15) is 0 Å². The Morgan fingerprint density at radius 3 is 1.36 bits per heavy atom. The van der Waals surface area contributed by atoms with E-state index in [1.165, 1.54) is 25.7 Å². The molecule has 0 saturated carbocycles. The van der Waals surface area contributed by atoms with E-state index < -0.39 is 7.25 Å². The first-order chi connectivity index (χ1) is 6.00. The number of hydrogen-bond acceptors (Lipinski definition) is 0. The average molecular weight is 298 g/mol. The zero-order chi connectivity index (χ0) is 10.2. The van der Waals surface area contributed by atoms with Crippen LogP contribution in [0.15, 0.2) is 24.3 Å². The normalized spacial score (nSPS) is 15.7. The van der Waals surface area contributed by atoms with Crippen LogP contribution in [0.2, 0.25) is 0 Å². The Morgan fingerprint density at radius 1 is 0.786 bits per heavy atom. The second kappa shape index (κ2) is 9.44. The van der Waals surface area contributed by atoms with Gasteiger partial charge in [0, 0.05) is 19.5 Å². The van der Waals surface area contributed by atoms with Crippen LogP contribution in [0.3, 0.4) is 0 Å². The maximum atomic E-state index is 9.75. The number of allylic oxidation sites excluding steroid dienone is 4. The molecule has 0 nitrogen and oxygen atoms in total. The Kier molecular flexibility index (Phi) is 11.0. The Bertz CT molecular complexity index is 157. The van der Waals surface area contributed by atoms with Crippen LogP contribution < -0.4 is 0 Å². The maximum absolute atomic E-state index is 9.75. The van der Waals surface area contributed by atoms with Crippen LogP contribution in [0.1, 0.15) is 25.7 Å². The summed E-state index contributed by atoms with van der Waals surface area (Å²) in [6, 6.07) is 0. The molecule has 0 unspecified atom stereocenters. The minimum absolute atomic E-state index is 0. The third-order valence-corrected chi connectivity index (χ3v) is 1.37. The van der Waals surface area contributed by atoms with Gasteiger partial charge in [0.15, 0.2) is 0 Å². The summed E-state index contributed by atoms with van der Waals surface area (Å²) in [5.41, 5.74) is 0. The van der Waals surface area contributed by atoms with Gasteiger partial charge >= 0.3 is 7.25 Å². The molecule has 0 amide bonds. The van der Waals surface area contributed by atoms with Gasteiger partial charge < -0.3 is 17.3 Å². The molecule has 1 radical (unpaired) electrons. The van der Waals surface area contributed by atoms with E-state index in [1.54, 1.807) is 0 Å². The zero-order valence-corrected chi connectivity index (χ0v) is 9.20. The van der Waals surface area contributed by atoms with Gasteiger partial charge in [0.1, 0.15) is 0 Å². The molecule has 0 fully saturated rings. The Labute approximate surface area is 94.3 Å². The van der Waals surface area contributed by atoms with Crippen molar-refractivity contribution >= 4 is 7.25 Å². The SMILES string of the molecule is C1=CCCCCC=C1.F[B-](F)(F)F.[Rh]. The Balaban J connectivity index is 0. The van der Waals surface area contributed by atoms with Gasteiger partial charge in [-0.15, -0.1) is 0 Å². The molecule has 0 saturated heterocycles. The number of halogens is 4. The molecule has 0 aromatic heterocycles. The van der Waals surface area contributed by atoms with E-state index >= 15 is 0 Å². The maximum Gasteiger partial charge on any atom is 0.673 e. The molecule has 1 aliphatic carbocycles. The molecular formula is C8H12BF4Rh-. The van der Waals surface area contributed by atoms with Gasteiger partial charge in [0.25, 0.3) is 0 Å². The van der Waals surface area contributed by atoms with Crippen molar-refractivity contribution in [1.82, 2.24) is 0 Å². The van der Waals surface area contributed by atoms with Crippen molar-refractivity contribution in [1.29, 1.82) is 0 Å². The summed E-state index contributed by atoms with van der Waals surface area (Å²) in [7, 11) is -6.00. The summed E-state index contributed by atoms with van der Waals surface area (Å²) in [5.74, 6) is 0. The number of hydrogen-bond donors (Lipinski definition) is 0.